The summed E-state index contributed by atoms with van der Waals surface area (Å²) in [5.41, 5.74) is 7.66. The molecule has 0 aliphatic rings. The number of carbonyl (C=O) groups excluding carboxylic acids is 1. The fraction of sp³-hybridized carbons (Fsp3) is 0.278. The van der Waals surface area contributed by atoms with Gasteiger partial charge in [-0.25, -0.2) is 4.39 Å². The van der Waals surface area contributed by atoms with Crippen LogP contribution in [0.25, 0.3) is 0 Å². The number of nitrogens with two attached hydrogens (primary N) is 1. The van der Waals surface area contributed by atoms with Crippen LogP contribution in [0.15, 0.2) is 40.9 Å². The van der Waals surface area contributed by atoms with Crippen LogP contribution in [0.2, 0.25) is 0 Å². The van der Waals surface area contributed by atoms with Gasteiger partial charge in [0.15, 0.2) is 5.82 Å². The van der Waals surface area contributed by atoms with Gasteiger partial charge < -0.3 is 10.6 Å². The molecule has 2 aromatic carbocycles. The summed E-state index contributed by atoms with van der Waals surface area (Å²) < 4.78 is 14.8. The van der Waals surface area contributed by atoms with Crippen LogP contribution >= 0.6 is 15.9 Å². The number of benzene rings is 2. The lowest BCUT2D eigenvalue weighted by Gasteiger charge is -2.27. The third-order valence-corrected chi connectivity index (χ3v) is 4.36. The predicted molar refractivity (Wildman–Crippen MR) is 95.7 cm³/mol. The molecule has 2 aromatic rings. The number of amides is 1. The van der Waals surface area contributed by atoms with E-state index in [0.29, 0.717) is 22.3 Å². The molecule has 0 fully saturated rings. The number of hydrogen-bond donors (Lipinski definition) is 1. The van der Waals surface area contributed by atoms with Crippen LogP contribution in [0.3, 0.4) is 0 Å². The van der Waals surface area contributed by atoms with Gasteiger partial charge in [0.2, 0.25) is 5.91 Å². The number of hydrogen-bond acceptors (Lipinski definition) is 2. The molecule has 5 heteroatoms. The first-order valence-corrected chi connectivity index (χ1v) is 8.21. The Labute approximate surface area is 144 Å². The van der Waals surface area contributed by atoms with Gasteiger partial charge in [0.05, 0.1) is 17.9 Å². The molecule has 0 saturated carbocycles. The highest BCUT2D eigenvalue weighted by atomic mass is 79.9. The van der Waals surface area contributed by atoms with Crippen molar-refractivity contribution in [1.29, 1.82) is 0 Å². The summed E-state index contributed by atoms with van der Waals surface area (Å²) in [6, 6.07) is 11.3. The van der Waals surface area contributed by atoms with Crippen molar-refractivity contribution >= 4 is 33.2 Å². The maximum atomic E-state index is 14.3. The van der Waals surface area contributed by atoms with E-state index in [4.69, 9.17) is 5.73 Å². The minimum atomic E-state index is -0.496. The lowest BCUT2D eigenvalue weighted by molar-refractivity contribution is -0.121. The number of nitrogens with zero attached hydrogens (tertiary/aromatic N) is 1. The molecule has 0 atom stereocenters. The maximum absolute atomic E-state index is 14.3. The minimum Gasteiger partial charge on any atom is -0.395 e. The van der Waals surface area contributed by atoms with E-state index >= 15 is 0 Å². The molecule has 0 heterocycles. The Morgan fingerprint density at radius 2 is 1.91 bits per heavy atom. The highest BCUT2D eigenvalue weighted by Crippen LogP contribution is 2.34. The number of nitrogen functional groups attached to an aromatic ring is 1. The topological polar surface area (TPSA) is 46.3 Å². The highest BCUT2D eigenvalue weighted by Gasteiger charge is 2.24. The molecule has 2 N–H and O–H groups in total. The summed E-state index contributed by atoms with van der Waals surface area (Å²) >= 11 is 3.27. The molecule has 0 spiro atoms. The summed E-state index contributed by atoms with van der Waals surface area (Å²) in [6.07, 6.45) is 0. The first-order chi connectivity index (χ1) is 10.8. The number of halogens is 2. The molecular weight excluding hydrogens is 359 g/mol. The van der Waals surface area contributed by atoms with E-state index in [-0.39, 0.29) is 17.5 Å². The monoisotopic (exact) mass is 378 g/mol. The Morgan fingerprint density at radius 3 is 2.48 bits per heavy atom. The lowest BCUT2D eigenvalue weighted by atomic mass is 10.1. The fourth-order valence-corrected chi connectivity index (χ4v) is 2.76. The van der Waals surface area contributed by atoms with Gasteiger partial charge in [0.1, 0.15) is 0 Å². The minimum absolute atomic E-state index is 0.0582. The molecule has 0 bridgehead atoms. The quantitative estimate of drug-likeness (QED) is 0.785. The van der Waals surface area contributed by atoms with Crippen LogP contribution in [0.4, 0.5) is 15.8 Å². The van der Waals surface area contributed by atoms with Gasteiger partial charge in [-0.1, -0.05) is 44.2 Å². The summed E-state index contributed by atoms with van der Waals surface area (Å²) in [4.78, 5) is 14.3. The molecule has 0 unspecified atom stereocenters. The lowest BCUT2D eigenvalue weighted by Crippen LogP contribution is -2.34. The van der Waals surface area contributed by atoms with Crippen LogP contribution in [0, 0.1) is 18.7 Å². The molecule has 1 amide bonds. The molecule has 23 heavy (non-hydrogen) atoms. The van der Waals surface area contributed by atoms with Crippen molar-refractivity contribution in [2.75, 3.05) is 10.6 Å². The van der Waals surface area contributed by atoms with Crippen molar-refractivity contribution in [3.63, 3.8) is 0 Å². The Morgan fingerprint density at radius 1 is 1.30 bits per heavy atom. The summed E-state index contributed by atoms with van der Waals surface area (Å²) in [7, 11) is 0. The van der Waals surface area contributed by atoms with Crippen molar-refractivity contribution in [2.24, 2.45) is 5.92 Å². The summed E-state index contributed by atoms with van der Waals surface area (Å²) in [5, 5.41) is 0. The molecule has 0 saturated heterocycles. The van der Waals surface area contributed by atoms with Crippen LogP contribution in [0.1, 0.15) is 25.0 Å². The van der Waals surface area contributed by atoms with Crippen LogP contribution in [0.5, 0.6) is 0 Å². The average molecular weight is 379 g/mol. The van der Waals surface area contributed by atoms with Crippen molar-refractivity contribution in [1.82, 2.24) is 0 Å². The van der Waals surface area contributed by atoms with Crippen molar-refractivity contribution < 1.29 is 9.18 Å². The van der Waals surface area contributed by atoms with Gasteiger partial charge in [-0.15, -0.1) is 0 Å². The van der Waals surface area contributed by atoms with Gasteiger partial charge in [-0.3, -0.25) is 4.79 Å². The first-order valence-electron chi connectivity index (χ1n) is 7.42. The maximum Gasteiger partial charge on any atom is 0.229 e. The van der Waals surface area contributed by atoms with E-state index in [0.717, 1.165) is 5.56 Å². The highest BCUT2D eigenvalue weighted by molar-refractivity contribution is 9.10. The largest absolute Gasteiger partial charge is 0.395 e. The fourth-order valence-electron chi connectivity index (χ4n) is 2.37. The predicted octanol–water partition coefficient (Wildman–Crippen LogP) is 4.67. The molecule has 0 aromatic heterocycles. The SMILES string of the molecule is Cc1c(N(Cc2ccccc2)C(=O)C(C)C)cc(Br)c(N)c1F. The van der Waals surface area contributed by atoms with Crippen LogP contribution < -0.4 is 10.6 Å². The standard InChI is InChI=1S/C18H20BrFN2O/c1-11(2)18(23)22(10-13-7-5-4-6-8-13)15-9-14(19)17(21)16(20)12(15)3/h4-9,11H,10,21H2,1-3H3. The zero-order valence-electron chi connectivity index (χ0n) is 13.4. The van der Waals surface area contributed by atoms with Crippen LogP contribution in [-0.2, 0) is 11.3 Å². The van der Waals surface area contributed by atoms with Gasteiger partial charge in [0, 0.05) is 16.0 Å². The van der Waals surface area contributed by atoms with E-state index < -0.39 is 5.82 Å². The normalized spacial score (nSPS) is 10.9. The van der Waals surface area contributed by atoms with Gasteiger partial charge in [0.25, 0.3) is 0 Å². The third-order valence-electron chi connectivity index (χ3n) is 3.70. The molecule has 2 rings (SSSR count). The van der Waals surface area contributed by atoms with E-state index in [1.807, 2.05) is 44.2 Å². The Hall–Kier alpha value is -1.88. The number of anilines is 2. The smallest absolute Gasteiger partial charge is 0.229 e. The Bertz CT molecular complexity index is 717. The molecule has 0 aliphatic carbocycles. The van der Waals surface area contributed by atoms with Gasteiger partial charge in [-0.2, -0.15) is 0 Å². The van der Waals surface area contributed by atoms with Gasteiger partial charge in [-0.05, 0) is 34.5 Å². The Kier molecular flexibility index (Phi) is 5.42. The molecule has 3 nitrogen and oxygen atoms in total. The van der Waals surface area contributed by atoms with Crippen LogP contribution in [-0.4, -0.2) is 5.91 Å². The van der Waals surface area contributed by atoms with E-state index in [1.165, 1.54) is 0 Å². The van der Waals surface area contributed by atoms with E-state index in [2.05, 4.69) is 15.9 Å². The second-order valence-electron chi connectivity index (χ2n) is 5.79. The van der Waals surface area contributed by atoms with Crippen molar-refractivity contribution in [2.45, 2.75) is 27.3 Å². The van der Waals surface area contributed by atoms with Crippen molar-refractivity contribution in [3.8, 4) is 0 Å². The molecule has 0 aliphatic heterocycles. The zero-order valence-corrected chi connectivity index (χ0v) is 15.0. The van der Waals surface area contributed by atoms with Crippen molar-refractivity contribution in [3.05, 3.63) is 57.8 Å². The van der Waals surface area contributed by atoms with E-state index in [9.17, 15) is 9.18 Å². The Balaban J connectivity index is 2.52. The zero-order chi connectivity index (χ0) is 17.1. The second kappa shape index (κ2) is 7.13. The molecule has 122 valence electrons. The summed E-state index contributed by atoms with van der Waals surface area (Å²) in [6.45, 7) is 5.68. The third kappa shape index (κ3) is 3.72. The summed E-state index contributed by atoms with van der Waals surface area (Å²) in [5.74, 6) is -0.755. The molecule has 0 radical (unpaired) electrons. The first kappa shape index (κ1) is 17.5. The second-order valence-corrected chi connectivity index (χ2v) is 6.65. The molecular formula is C18H20BrFN2O. The van der Waals surface area contributed by atoms with E-state index in [1.54, 1.807) is 17.9 Å². The number of carbonyl (C=O) groups is 1. The van der Waals surface area contributed by atoms with Gasteiger partial charge >= 0.3 is 0 Å². The average Bonchev–Trinajstić information content (AvgIpc) is 2.54. The number of rotatable bonds is 4.